The van der Waals surface area contributed by atoms with Gasteiger partial charge in [-0.1, -0.05) is 118 Å². The number of allylic oxidation sites excluding steroid dienone is 3. The van der Waals surface area contributed by atoms with E-state index in [0.717, 1.165) is 12.8 Å². The van der Waals surface area contributed by atoms with Gasteiger partial charge in [-0.05, 0) is 63.6 Å². The number of aliphatic carboxylic acids is 1. The first kappa shape index (κ1) is 29.2. The Morgan fingerprint density at radius 3 is 2.16 bits per heavy atom. The lowest BCUT2D eigenvalue weighted by Crippen LogP contribution is -2.42. The SMILES string of the molecule is CCC1(C)C(=CC=CC2N(CCO)c3ccc4ccccc4c3C2(C)CC)C(CCC(=O)O)c2ccc3ccccc3c21. The number of hydrogen-bond donors (Lipinski definition) is 2. The number of anilines is 1. The minimum atomic E-state index is -0.753. The molecule has 4 aromatic rings. The summed E-state index contributed by atoms with van der Waals surface area (Å²) in [7, 11) is 0. The van der Waals surface area contributed by atoms with Crippen LogP contribution in [-0.4, -0.2) is 35.4 Å². The van der Waals surface area contributed by atoms with Crippen LogP contribution in [0.1, 0.15) is 76.0 Å². The molecule has 4 nitrogen and oxygen atoms in total. The van der Waals surface area contributed by atoms with Crippen molar-refractivity contribution in [3.8, 4) is 0 Å². The predicted octanol–water partition coefficient (Wildman–Crippen LogP) is 8.65. The van der Waals surface area contributed by atoms with Crippen LogP contribution in [0, 0.1) is 0 Å². The van der Waals surface area contributed by atoms with E-state index in [1.54, 1.807) is 0 Å². The van der Waals surface area contributed by atoms with Crippen LogP contribution in [0.5, 0.6) is 0 Å². The van der Waals surface area contributed by atoms with Crippen LogP contribution in [0.2, 0.25) is 0 Å². The molecule has 0 fully saturated rings. The third-order valence-corrected chi connectivity index (χ3v) is 10.7. The highest BCUT2D eigenvalue weighted by atomic mass is 16.4. The van der Waals surface area contributed by atoms with Gasteiger partial charge in [0.2, 0.25) is 0 Å². The summed E-state index contributed by atoms with van der Waals surface area (Å²) in [6.45, 7) is 9.87. The summed E-state index contributed by atoms with van der Waals surface area (Å²) in [4.78, 5) is 14.1. The van der Waals surface area contributed by atoms with Crippen molar-refractivity contribution in [2.75, 3.05) is 18.1 Å². The number of fused-ring (bicyclic) bond motifs is 6. The highest BCUT2D eigenvalue weighted by Crippen LogP contribution is 2.56. The Kier molecular flexibility index (Phi) is 7.68. The van der Waals surface area contributed by atoms with E-state index in [4.69, 9.17) is 0 Å². The van der Waals surface area contributed by atoms with Crippen molar-refractivity contribution in [3.05, 3.63) is 113 Å². The lowest BCUT2D eigenvalue weighted by molar-refractivity contribution is -0.137. The molecule has 0 saturated carbocycles. The van der Waals surface area contributed by atoms with Crippen molar-refractivity contribution in [2.45, 2.75) is 76.2 Å². The molecule has 0 aromatic heterocycles. The van der Waals surface area contributed by atoms with E-state index < -0.39 is 5.97 Å². The zero-order chi connectivity index (χ0) is 30.4. The number of rotatable bonds is 9. The summed E-state index contributed by atoms with van der Waals surface area (Å²) in [6, 6.07) is 26.1. The molecule has 222 valence electrons. The number of carbonyl (C=O) groups is 1. The van der Waals surface area contributed by atoms with E-state index in [1.807, 2.05) is 0 Å². The molecular formula is C39H43NO3. The smallest absolute Gasteiger partial charge is 0.303 e. The number of hydrogen-bond acceptors (Lipinski definition) is 3. The molecule has 1 aliphatic heterocycles. The van der Waals surface area contributed by atoms with Gasteiger partial charge in [0.25, 0.3) is 0 Å². The summed E-state index contributed by atoms with van der Waals surface area (Å²) in [5.41, 5.74) is 6.15. The topological polar surface area (TPSA) is 60.8 Å². The zero-order valence-electron chi connectivity index (χ0n) is 25.8. The lowest BCUT2D eigenvalue weighted by Gasteiger charge is -2.34. The van der Waals surface area contributed by atoms with Crippen LogP contribution in [-0.2, 0) is 15.6 Å². The molecule has 0 radical (unpaired) electrons. The standard InChI is InChI=1S/C39H43NO3/c1-5-38(3)32(30(21-23-35(42)43)31-20-18-26-12-7-9-14-28(26)36(31)38)16-11-17-34-39(4,6-2)37-29-15-10-8-13-27(29)19-22-33(37)40(34)24-25-41/h7-20,22,30,34,41H,5-6,21,23-25H2,1-4H3,(H,42,43). The molecule has 0 saturated heterocycles. The average Bonchev–Trinajstić information content (AvgIpc) is 3.42. The first-order valence-corrected chi connectivity index (χ1v) is 15.8. The van der Waals surface area contributed by atoms with Gasteiger partial charge in [-0.2, -0.15) is 0 Å². The second-order valence-corrected chi connectivity index (χ2v) is 12.7. The van der Waals surface area contributed by atoms with E-state index in [-0.39, 0.29) is 35.8 Å². The second kappa shape index (κ2) is 11.3. The van der Waals surface area contributed by atoms with Crippen LogP contribution in [0.4, 0.5) is 5.69 Å². The van der Waals surface area contributed by atoms with Crippen LogP contribution in [0.25, 0.3) is 21.5 Å². The number of benzene rings is 4. The van der Waals surface area contributed by atoms with Crippen molar-refractivity contribution in [2.24, 2.45) is 0 Å². The normalized spacial score (nSPS) is 25.7. The molecule has 2 N–H and O–H groups in total. The highest BCUT2D eigenvalue weighted by Gasteiger charge is 2.47. The van der Waals surface area contributed by atoms with Gasteiger partial charge in [0, 0.05) is 35.4 Å². The van der Waals surface area contributed by atoms with Crippen molar-refractivity contribution in [1.82, 2.24) is 0 Å². The van der Waals surface area contributed by atoms with Gasteiger partial charge >= 0.3 is 5.97 Å². The summed E-state index contributed by atoms with van der Waals surface area (Å²) < 4.78 is 0. The molecule has 4 unspecified atom stereocenters. The third-order valence-electron chi connectivity index (χ3n) is 10.7. The summed E-state index contributed by atoms with van der Waals surface area (Å²) in [6.07, 6.45) is 9.46. The summed E-state index contributed by atoms with van der Waals surface area (Å²) in [5, 5.41) is 24.8. The maximum Gasteiger partial charge on any atom is 0.303 e. The van der Waals surface area contributed by atoms with Gasteiger partial charge in [0.15, 0.2) is 0 Å². The second-order valence-electron chi connectivity index (χ2n) is 12.7. The Morgan fingerprint density at radius 2 is 1.53 bits per heavy atom. The average molecular weight is 574 g/mol. The molecule has 6 rings (SSSR count). The van der Waals surface area contributed by atoms with Gasteiger partial charge < -0.3 is 15.1 Å². The van der Waals surface area contributed by atoms with E-state index in [0.29, 0.717) is 13.0 Å². The minimum Gasteiger partial charge on any atom is -0.481 e. The number of β-amino-alcohol motifs (C(OH)–C–C–N with tert-alkyl or cyclic N) is 1. The molecule has 0 bridgehead atoms. The minimum absolute atomic E-state index is 0.0566. The van der Waals surface area contributed by atoms with Gasteiger partial charge in [0.05, 0.1) is 12.6 Å². The molecular weight excluding hydrogens is 530 g/mol. The fourth-order valence-corrected chi connectivity index (χ4v) is 8.23. The van der Waals surface area contributed by atoms with Crippen LogP contribution in [0.3, 0.4) is 0 Å². The molecule has 1 aliphatic carbocycles. The van der Waals surface area contributed by atoms with Crippen molar-refractivity contribution >= 4 is 33.2 Å². The number of aliphatic hydroxyl groups excluding tert-OH is 1. The van der Waals surface area contributed by atoms with Gasteiger partial charge in [-0.3, -0.25) is 4.79 Å². The van der Waals surface area contributed by atoms with E-state index in [9.17, 15) is 15.0 Å². The van der Waals surface area contributed by atoms with E-state index >= 15 is 0 Å². The molecule has 0 amide bonds. The quantitative estimate of drug-likeness (QED) is 0.210. The highest BCUT2D eigenvalue weighted by molar-refractivity contribution is 5.94. The van der Waals surface area contributed by atoms with Gasteiger partial charge in [-0.15, -0.1) is 0 Å². The summed E-state index contributed by atoms with van der Waals surface area (Å²) in [5.74, 6) is -0.697. The number of nitrogens with zero attached hydrogens (tertiary/aromatic N) is 1. The largest absolute Gasteiger partial charge is 0.481 e. The molecule has 43 heavy (non-hydrogen) atoms. The monoisotopic (exact) mass is 573 g/mol. The molecule has 4 atom stereocenters. The third kappa shape index (κ3) is 4.58. The molecule has 1 heterocycles. The van der Waals surface area contributed by atoms with Crippen LogP contribution >= 0.6 is 0 Å². The first-order valence-electron chi connectivity index (χ1n) is 15.8. The van der Waals surface area contributed by atoms with Crippen molar-refractivity contribution < 1.29 is 15.0 Å². The molecule has 2 aliphatic rings. The van der Waals surface area contributed by atoms with E-state index in [2.05, 4.69) is 124 Å². The first-order chi connectivity index (χ1) is 20.8. The van der Waals surface area contributed by atoms with Gasteiger partial charge in [-0.25, -0.2) is 0 Å². The Hall–Kier alpha value is -3.89. The fraction of sp³-hybridized carbons (Fsp3) is 0.359. The Labute approximate surface area is 255 Å². The van der Waals surface area contributed by atoms with Crippen LogP contribution < -0.4 is 4.90 Å². The Morgan fingerprint density at radius 1 is 0.884 bits per heavy atom. The van der Waals surface area contributed by atoms with Crippen molar-refractivity contribution in [3.63, 3.8) is 0 Å². The van der Waals surface area contributed by atoms with E-state index in [1.165, 1.54) is 49.5 Å². The van der Waals surface area contributed by atoms with Crippen LogP contribution in [0.15, 0.2) is 96.6 Å². The molecule has 4 aromatic carbocycles. The fourth-order valence-electron chi connectivity index (χ4n) is 8.23. The predicted molar refractivity (Wildman–Crippen MR) is 178 cm³/mol. The van der Waals surface area contributed by atoms with Gasteiger partial charge in [0.1, 0.15) is 0 Å². The summed E-state index contributed by atoms with van der Waals surface area (Å²) >= 11 is 0. The maximum atomic E-state index is 11.7. The number of carboxylic acid groups (broad SMARTS) is 1. The lowest BCUT2D eigenvalue weighted by atomic mass is 9.73. The Bertz CT molecular complexity index is 1750. The number of carboxylic acids is 1. The zero-order valence-corrected chi connectivity index (χ0v) is 25.8. The molecule has 0 spiro atoms. The maximum absolute atomic E-state index is 11.7. The molecule has 4 heteroatoms. The Balaban J connectivity index is 1.47. The number of aliphatic hydroxyl groups is 1. The van der Waals surface area contributed by atoms with Crippen molar-refractivity contribution in [1.29, 1.82) is 0 Å².